The summed E-state index contributed by atoms with van der Waals surface area (Å²) in [7, 11) is 0. The van der Waals surface area contributed by atoms with E-state index in [-0.39, 0.29) is 12.2 Å². The van der Waals surface area contributed by atoms with Crippen molar-refractivity contribution in [3.8, 4) is 0 Å². The SMILES string of the molecule is O=C(N[C@@H](CO)Cc1ccccc1)c1cc(F)ccc1Br. The fraction of sp³-hybridized carbons (Fsp3) is 0.188. The molecule has 0 bridgehead atoms. The number of halogens is 2. The van der Waals surface area contributed by atoms with Crippen LogP contribution in [0.1, 0.15) is 15.9 Å². The minimum Gasteiger partial charge on any atom is -0.394 e. The summed E-state index contributed by atoms with van der Waals surface area (Å²) >= 11 is 3.22. The maximum absolute atomic E-state index is 13.2. The molecule has 2 rings (SSSR count). The van der Waals surface area contributed by atoms with Gasteiger partial charge in [0.2, 0.25) is 0 Å². The summed E-state index contributed by atoms with van der Waals surface area (Å²) < 4.78 is 13.7. The van der Waals surface area contributed by atoms with E-state index in [1.165, 1.54) is 12.1 Å². The molecule has 2 aromatic rings. The zero-order chi connectivity index (χ0) is 15.2. The molecule has 21 heavy (non-hydrogen) atoms. The fourth-order valence-electron chi connectivity index (χ4n) is 1.99. The highest BCUT2D eigenvalue weighted by atomic mass is 79.9. The molecule has 3 nitrogen and oxygen atoms in total. The lowest BCUT2D eigenvalue weighted by Gasteiger charge is -2.17. The predicted octanol–water partition coefficient (Wildman–Crippen LogP) is 2.92. The van der Waals surface area contributed by atoms with E-state index in [2.05, 4.69) is 21.2 Å². The van der Waals surface area contributed by atoms with Crippen LogP contribution in [0.25, 0.3) is 0 Å². The Morgan fingerprint density at radius 1 is 1.24 bits per heavy atom. The van der Waals surface area contributed by atoms with Gasteiger partial charge in [-0.2, -0.15) is 0 Å². The Hall–Kier alpha value is -1.72. The second-order valence-electron chi connectivity index (χ2n) is 4.67. The minimum atomic E-state index is -0.480. The van der Waals surface area contributed by atoms with Crippen molar-refractivity contribution in [1.82, 2.24) is 5.32 Å². The van der Waals surface area contributed by atoms with Crippen molar-refractivity contribution in [3.63, 3.8) is 0 Å². The Labute approximate surface area is 130 Å². The van der Waals surface area contributed by atoms with Crippen LogP contribution in [0.5, 0.6) is 0 Å². The van der Waals surface area contributed by atoms with Gasteiger partial charge in [0.05, 0.1) is 18.2 Å². The van der Waals surface area contributed by atoms with Gasteiger partial charge in [-0.1, -0.05) is 30.3 Å². The Balaban J connectivity index is 2.07. The Morgan fingerprint density at radius 3 is 2.62 bits per heavy atom. The van der Waals surface area contributed by atoms with Gasteiger partial charge in [-0.05, 0) is 46.1 Å². The van der Waals surface area contributed by atoms with Crippen molar-refractivity contribution in [2.24, 2.45) is 0 Å². The first kappa shape index (κ1) is 15.7. The molecule has 0 fully saturated rings. The molecule has 0 aliphatic heterocycles. The second-order valence-corrected chi connectivity index (χ2v) is 5.52. The number of benzene rings is 2. The number of nitrogens with one attached hydrogen (secondary N) is 1. The van der Waals surface area contributed by atoms with Gasteiger partial charge in [-0.15, -0.1) is 0 Å². The number of carbonyl (C=O) groups excluding carboxylic acids is 1. The zero-order valence-corrected chi connectivity index (χ0v) is 12.8. The summed E-state index contributed by atoms with van der Waals surface area (Å²) in [5.74, 6) is -0.900. The molecular weight excluding hydrogens is 337 g/mol. The standard InChI is InChI=1S/C16H15BrFNO2/c17-15-7-6-12(18)9-14(15)16(21)19-13(10-20)8-11-4-2-1-3-5-11/h1-7,9,13,20H,8,10H2,(H,19,21)/t13-/m1/s1. The summed E-state index contributed by atoms with van der Waals surface area (Å²) in [5.41, 5.74) is 1.22. The molecule has 0 saturated heterocycles. The third-order valence-electron chi connectivity index (χ3n) is 3.05. The molecule has 1 atom stereocenters. The van der Waals surface area contributed by atoms with Gasteiger partial charge in [-0.3, -0.25) is 4.79 Å². The van der Waals surface area contributed by atoms with E-state index < -0.39 is 17.8 Å². The quantitative estimate of drug-likeness (QED) is 0.869. The third-order valence-corrected chi connectivity index (χ3v) is 3.75. The molecule has 0 aliphatic carbocycles. The number of amides is 1. The first-order valence-corrected chi connectivity index (χ1v) is 7.30. The highest BCUT2D eigenvalue weighted by Crippen LogP contribution is 2.18. The highest BCUT2D eigenvalue weighted by molar-refractivity contribution is 9.10. The second kappa shape index (κ2) is 7.33. The van der Waals surface area contributed by atoms with Gasteiger partial charge in [0.25, 0.3) is 5.91 Å². The van der Waals surface area contributed by atoms with Crippen molar-refractivity contribution in [1.29, 1.82) is 0 Å². The maximum atomic E-state index is 13.2. The van der Waals surface area contributed by atoms with Crippen molar-refractivity contribution in [3.05, 3.63) is 69.9 Å². The lowest BCUT2D eigenvalue weighted by molar-refractivity contribution is 0.0915. The van der Waals surface area contributed by atoms with Gasteiger partial charge in [0.1, 0.15) is 5.82 Å². The topological polar surface area (TPSA) is 49.3 Å². The molecule has 0 spiro atoms. The molecule has 0 aliphatic rings. The van der Waals surface area contributed by atoms with Gasteiger partial charge < -0.3 is 10.4 Å². The Kier molecular flexibility index (Phi) is 5.47. The van der Waals surface area contributed by atoms with Crippen LogP contribution in [0.3, 0.4) is 0 Å². The van der Waals surface area contributed by atoms with Gasteiger partial charge in [0, 0.05) is 4.47 Å². The van der Waals surface area contributed by atoms with Crippen molar-refractivity contribution >= 4 is 21.8 Å². The molecule has 2 aromatic carbocycles. The van der Waals surface area contributed by atoms with Crippen LogP contribution in [0, 0.1) is 5.82 Å². The molecule has 1 amide bonds. The number of aliphatic hydroxyl groups excluding tert-OH is 1. The summed E-state index contributed by atoms with van der Waals surface area (Å²) in [6, 6.07) is 13.0. The van der Waals surface area contributed by atoms with Gasteiger partial charge in [0.15, 0.2) is 0 Å². The third kappa shape index (κ3) is 4.37. The average Bonchev–Trinajstić information content (AvgIpc) is 2.50. The molecule has 0 heterocycles. The zero-order valence-electron chi connectivity index (χ0n) is 11.2. The van der Waals surface area contributed by atoms with Crippen LogP contribution in [0.15, 0.2) is 53.0 Å². The smallest absolute Gasteiger partial charge is 0.252 e. The molecule has 2 N–H and O–H groups in total. The van der Waals surface area contributed by atoms with Crippen molar-refractivity contribution in [2.75, 3.05) is 6.61 Å². The summed E-state index contributed by atoms with van der Waals surface area (Å²) in [4.78, 5) is 12.2. The molecule has 0 saturated carbocycles. The van der Waals surface area contributed by atoms with E-state index in [1.54, 1.807) is 0 Å². The summed E-state index contributed by atoms with van der Waals surface area (Å²) in [6.07, 6.45) is 0.510. The minimum absolute atomic E-state index is 0.187. The highest BCUT2D eigenvalue weighted by Gasteiger charge is 2.16. The average molecular weight is 352 g/mol. The van der Waals surface area contributed by atoms with Crippen LogP contribution < -0.4 is 5.32 Å². The maximum Gasteiger partial charge on any atom is 0.252 e. The van der Waals surface area contributed by atoms with E-state index in [1.807, 2.05) is 30.3 Å². The number of hydrogen-bond donors (Lipinski definition) is 2. The van der Waals surface area contributed by atoms with E-state index in [0.717, 1.165) is 11.6 Å². The molecule has 0 radical (unpaired) electrons. The molecular formula is C16H15BrFNO2. The first-order valence-electron chi connectivity index (χ1n) is 6.51. The summed E-state index contributed by atoms with van der Waals surface area (Å²) in [5, 5.41) is 12.1. The van der Waals surface area contributed by atoms with Crippen LogP contribution in [0.2, 0.25) is 0 Å². The number of aliphatic hydroxyl groups is 1. The molecule has 110 valence electrons. The predicted molar refractivity (Wildman–Crippen MR) is 82.6 cm³/mol. The number of rotatable bonds is 5. The fourth-order valence-corrected chi connectivity index (χ4v) is 2.42. The lowest BCUT2D eigenvalue weighted by Crippen LogP contribution is -2.39. The van der Waals surface area contributed by atoms with Crippen LogP contribution >= 0.6 is 15.9 Å². The van der Waals surface area contributed by atoms with E-state index in [9.17, 15) is 14.3 Å². The lowest BCUT2D eigenvalue weighted by atomic mass is 10.1. The van der Waals surface area contributed by atoms with Crippen molar-refractivity contribution in [2.45, 2.75) is 12.5 Å². The largest absolute Gasteiger partial charge is 0.394 e. The van der Waals surface area contributed by atoms with Crippen LogP contribution in [-0.4, -0.2) is 23.7 Å². The van der Waals surface area contributed by atoms with E-state index in [0.29, 0.717) is 10.9 Å². The molecule has 0 unspecified atom stereocenters. The van der Waals surface area contributed by atoms with Gasteiger partial charge >= 0.3 is 0 Å². The number of carbonyl (C=O) groups is 1. The first-order chi connectivity index (χ1) is 10.1. The van der Waals surface area contributed by atoms with E-state index >= 15 is 0 Å². The van der Waals surface area contributed by atoms with Gasteiger partial charge in [-0.25, -0.2) is 4.39 Å². The van der Waals surface area contributed by atoms with Crippen LogP contribution in [-0.2, 0) is 6.42 Å². The monoisotopic (exact) mass is 351 g/mol. The Bertz CT molecular complexity index is 619. The van der Waals surface area contributed by atoms with Crippen LogP contribution in [0.4, 0.5) is 4.39 Å². The van der Waals surface area contributed by atoms with Crippen molar-refractivity contribution < 1.29 is 14.3 Å². The Morgan fingerprint density at radius 2 is 1.95 bits per heavy atom. The van der Waals surface area contributed by atoms with E-state index in [4.69, 9.17) is 0 Å². The summed E-state index contributed by atoms with van der Waals surface area (Å²) in [6.45, 7) is -0.187. The molecule has 0 aromatic heterocycles. The number of hydrogen-bond acceptors (Lipinski definition) is 2. The molecule has 5 heteroatoms. The normalized spacial score (nSPS) is 12.0.